The van der Waals surface area contributed by atoms with E-state index in [0.717, 1.165) is 82.1 Å². The van der Waals surface area contributed by atoms with E-state index in [1.165, 1.54) is 14.2 Å². The van der Waals surface area contributed by atoms with Crippen LogP contribution in [0.4, 0.5) is 9.59 Å². The number of nitrogens with one attached hydrogen (secondary N) is 4. The average molecular weight is 791 g/mol. The number of imidazole rings is 2. The minimum absolute atomic E-state index is 0.0651. The molecule has 2 saturated heterocycles. The Morgan fingerprint density at radius 3 is 2.34 bits per heavy atom. The van der Waals surface area contributed by atoms with Crippen LogP contribution in [0.5, 0.6) is 0 Å². The van der Waals surface area contributed by atoms with Crippen molar-refractivity contribution in [3.63, 3.8) is 0 Å². The lowest BCUT2D eigenvalue weighted by atomic mass is 9.97. The van der Waals surface area contributed by atoms with Crippen molar-refractivity contribution in [2.75, 3.05) is 20.8 Å². The predicted molar refractivity (Wildman–Crippen MR) is 217 cm³/mol. The molecule has 5 N–H and O–H groups in total. The molecular weight excluding hydrogens is 741 g/mol. The summed E-state index contributed by atoms with van der Waals surface area (Å²) >= 11 is 0. The van der Waals surface area contributed by atoms with Crippen molar-refractivity contribution < 1.29 is 33.8 Å². The van der Waals surface area contributed by atoms with Crippen molar-refractivity contribution in [3.8, 4) is 22.4 Å². The fourth-order valence-corrected chi connectivity index (χ4v) is 9.30. The molecule has 5 aromatic rings. The first-order valence-electron chi connectivity index (χ1n) is 20.0. The quantitative estimate of drug-likeness (QED) is 0.0988. The maximum absolute atomic E-state index is 14.0. The maximum atomic E-state index is 14.0. The van der Waals surface area contributed by atoms with E-state index in [9.17, 15) is 24.3 Å². The second-order valence-electron chi connectivity index (χ2n) is 16.1. The Kier molecular flexibility index (Phi) is 10.6. The number of rotatable bonds is 11. The molecule has 4 heterocycles. The van der Waals surface area contributed by atoms with Crippen molar-refractivity contribution in [1.29, 1.82) is 0 Å². The first kappa shape index (κ1) is 38.9. The zero-order chi connectivity index (χ0) is 40.8. The van der Waals surface area contributed by atoms with Crippen molar-refractivity contribution in [3.05, 3.63) is 72.4 Å². The Balaban J connectivity index is 1.00. The van der Waals surface area contributed by atoms with Gasteiger partial charge in [0.2, 0.25) is 11.8 Å². The van der Waals surface area contributed by atoms with E-state index < -0.39 is 30.4 Å². The number of likely N-dealkylation sites (tertiary alicyclic amines) is 2. The molecule has 4 amide bonds. The third-order valence-corrected chi connectivity index (χ3v) is 12.4. The van der Waals surface area contributed by atoms with Crippen LogP contribution in [0.15, 0.2) is 60.8 Å². The van der Waals surface area contributed by atoms with Crippen LogP contribution in [-0.4, -0.2) is 104 Å². The second-order valence-corrected chi connectivity index (χ2v) is 16.1. The van der Waals surface area contributed by atoms with Crippen molar-refractivity contribution in [2.45, 2.75) is 89.2 Å². The fourth-order valence-electron chi connectivity index (χ4n) is 9.30. The fraction of sp³-hybridized carbons (Fsp3) is 0.442. The number of H-pyrrole nitrogens is 2. The summed E-state index contributed by atoms with van der Waals surface area (Å²) in [6.45, 7) is 5.98. The molecule has 3 aliphatic rings. The van der Waals surface area contributed by atoms with E-state index in [-0.39, 0.29) is 41.8 Å². The molecule has 3 aromatic carbocycles. The van der Waals surface area contributed by atoms with Gasteiger partial charge >= 0.3 is 12.2 Å². The number of piperidine rings is 1. The third kappa shape index (κ3) is 7.12. The van der Waals surface area contributed by atoms with Gasteiger partial charge in [-0.2, -0.15) is 0 Å². The Morgan fingerprint density at radius 2 is 1.62 bits per heavy atom. The SMILES string of the molecule is COC(=O)N[C@H](C(=O)N1[C@@H]2CC[C@@H](C2)[C@H]1c1ncc(-c2ccc(-c3ccc4c(ccc5nc([C@@H]6CCCN6C(=O)[C@@H](NC(=O)O)C(C)C)[nH]c54)c3)cc2)[nH]1)[C@@H](C)OC. The zero-order valence-electron chi connectivity index (χ0n) is 33.3. The molecule has 304 valence electrons. The van der Waals surface area contributed by atoms with Crippen molar-refractivity contribution in [1.82, 2.24) is 40.4 Å². The molecule has 1 aliphatic carbocycles. The van der Waals surface area contributed by atoms with Gasteiger partial charge in [-0.05, 0) is 85.1 Å². The lowest BCUT2D eigenvalue weighted by Gasteiger charge is -2.37. The number of carboxylic acid groups (broad SMARTS) is 1. The molecule has 15 heteroatoms. The number of ether oxygens (including phenoxy) is 2. The number of amides is 4. The summed E-state index contributed by atoms with van der Waals surface area (Å²) in [7, 11) is 2.79. The van der Waals surface area contributed by atoms with Crippen LogP contribution in [0, 0.1) is 11.8 Å². The van der Waals surface area contributed by atoms with Gasteiger partial charge < -0.3 is 45.0 Å². The second kappa shape index (κ2) is 15.8. The number of hydrogen-bond acceptors (Lipinski definition) is 8. The van der Waals surface area contributed by atoms with Crippen LogP contribution >= 0.6 is 0 Å². The highest BCUT2D eigenvalue weighted by Gasteiger charge is 2.52. The summed E-state index contributed by atoms with van der Waals surface area (Å²) in [4.78, 5) is 71.5. The molecule has 0 radical (unpaired) electrons. The molecule has 1 saturated carbocycles. The summed E-state index contributed by atoms with van der Waals surface area (Å²) in [5.41, 5.74) is 5.62. The molecular formula is C43H50N8O7. The van der Waals surface area contributed by atoms with E-state index in [2.05, 4.69) is 69.1 Å². The first-order chi connectivity index (χ1) is 27.9. The summed E-state index contributed by atoms with van der Waals surface area (Å²) in [6, 6.07) is 16.5. The summed E-state index contributed by atoms with van der Waals surface area (Å²) in [6.07, 6.45) is 3.72. The smallest absolute Gasteiger partial charge is 0.407 e. The molecule has 3 fully saturated rings. The Bertz CT molecular complexity index is 2360. The lowest BCUT2D eigenvalue weighted by Crippen LogP contribution is -2.56. The molecule has 2 bridgehead atoms. The Hall–Kier alpha value is -5.96. The minimum Gasteiger partial charge on any atom is -0.465 e. The van der Waals surface area contributed by atoms with Crippen LogP contribution in [0.1, 0.15) is 76.6 Å². The van der Waals surface area contributed by atoms with Crippen LogP contribution in [0.2, 0.25) is 0 Å². The van der Waals surface area contributed by atoms with Gasteiger partial charge in [-0.1, -0.05) is 56.3 Å². The number of carbonyl (C=O) groups excluding carboxylic acids is 3. The third-order valence-electron chi connectivity index (χ3n) is 12.4. The molecule has 7 atom stereocenters. The Labute approximate surface area is 335 Å². The maximum Gasteiger partial charge on any atom is 0.407 e. The van der Waals surface area contributed by atoms with E-state index in [1.807, 2.05) is 31.0 Å². The largest absolute Gasteiger partial charge is 0.465 e. The van der Waals surface area contributed by atoms with Crippen LogP contribution in [0.3, 0.4) is 0 Å². The van der Waals surface area contributed by atoms with Gasteiger partial charge in [0.1, 0.15) is 23.7 Å². The van der Waals surface area contributed by atoms with E-state index >= 15 is 0 Å². The zero-order valence-corrected chi connectivity index (χ0v) is 33.3. The van der Waals surface area contributed by atoms with Crippen LogP contribution in [-0.2, 0) is 19.1 Å². The van der Waals surface area contributed by atoms with E-state index in [0.29, 0.717) is 12.4 Å². The summed E-state index contributed by atoms with van der Waals surface area (Å²) < 4.78 is 10.3. The van der Waals surface area contributed by atoms with Crippen molar-refractivity contribution >= 4 is 45.8 Å². The molecule has 15 nitrogen and oxygen atoms in total. The molecule has 2 aliphatic heterocycles. The number of aromatic amines is 2. The number of carbonyl (C=O) groups is 4. The predicted octanol–water partition coefficient (Wildman–Crippen LogP) is 6.54. The van der Waals surface area contributed by atoms with Gasteiger partial charge in [-0.3, -0.25) is 9.59 Å². The summed E-state index contributed by atoms with van der Waals surface area (Å²) in [5.74, 6) is 1.06. The highest BCUT2D eigenvalue weighted by atomic mass is 16.5. The number of benzene rings is 3. The Morgan fingerprint density at radius 1 is 0.862 bits per heavy atom. The van der Waals surface area contributed by atoms with Crippen molar-refractivity contribution in [2.24, 2.45) is 11.8 Å². The topological polar surface area (TPSA) is 195 Å². The number of fused-ring (bicyclic) bond motifs is 5. The molecule has 8 rings (SSSR count). The van der Waals surface area contributed by atoms with Crippen LogP contribution in [0.25, 0.3) is 44.2 Å². The summed E-state index contributed by atoms with van der Waals surface area (Å²) in [5, 5.41) is 16.5. The number of aromatic nitrogens is 4. The van der Waals surface area contributed by atoms with E-state index in [1.54, 1.807) is 11.8 Å². The van der Waals surface area contributed by atoms with Gasteiger partial charge in [0.15, 0.2) is 0 Å². The normalized spacial score (nSPS) is 21.8. The molecule has 58 heavy (non-hydrogen) atoms. The van der Waals surface area contributed by atoms with Gasteiger partial charge in [0.25, 0.3) is 0 Å². The number of hydrogen-bond donors (Lipinski definition) is 5. The molecule has 0 unspecified atom stereocenters. The van der Waals surface area contributed by atoms with Gasteiger partial charge in [0.05, 0.1) is 48.2 Å². The molecule has 2 aromatic heterocycles. The van der Waals surface area contributed by atoms with E-state index in [4.69, 9.17) is 19.4 Å². The van der Waals surface area contributed by atoms with Crippen LogP contribution < -0.4 is 10.6 Å². The van der Waals surface area contributed by atoms with Gasteiger partial charge in [-0.25, -0.2) is 19.6 Å². The number of nitrogens with zero attached hydrogens (tertiary/aromatic N) is 4. The van der Waals surface area contributed by atoms with Gasteiger partial charge in [-0.15, -0.1) is 0 Å². The monoisotopic (exact) mass is 790 g/mol. The van der Waals surface area contributed by atoms with Gasteiger partial charge in [0, 0.05) is 25.1 Å². The lowest BCUT2D eigenvalue weighted by molar-refractivity contribution is -0.141. The average Bonchev–Trinajstić information content (AvgIpc) is 4.08. The first-order valence-corrected chi connectivity index (χ1v) is 20.0. The standard InChI is InChI=1S/C43H50N8O7/c1-22(2)34(48-42(54)55)40(52)50-18-6-7-33(50)38-45-31-17-14-27-19-26(13-16-30(27)36(31)47-38)24-8-10-25(11-9-24)32-21-44-39(46-32)37-28-12-15-29(20-28)51(37)41(53)35(23(3)57-4)49-43(56)58-5/h8-11,13-14,16-17,19,21-23,28-29,33-35,37,48H,6-7,12,15,18,20H2,1-5H3,(H,44,46)(H,45,47)(H,49,56)(H,54,55)/t23-,28+,29-,33+,34+,35+,37+/m1/s1. The highest BCUT2D eigenvalue weighted by molar-refractivity contribution is 6.05. The minimum atomic E-state index is -1.21. The highest BCUT2D eigenvalue weighted by Crippen LogP contribution is 2.50. The number of methoxy groups -OCH3 is 2. The molecule has 0 spiro atoms. The number of alkyl carbamates (subject to hydrolysis) is 1.